The highest BCUT2D eigenvalue weighted by Gasteiger charge is 2.09. The third-order valence-electron chi connectivity index (χ3n) is 2.60. The Balaban J connectivity index is 1.92. The molecule has 0 bridgehead atoms. The zero-order chi connectivity index (χ0) is 15.2. The average molecular weight is 289 g/mol. The Kier molecular flexibility index (Phi) is 4.57. The molecule has 2 amide bonds. The Morgan fingerprint density at radius 2 is 2.00 bits per heavy atom. The Bertz CT molecular complexity index is 634. The van der Waals surface area contributed by atoms with Crippen LogP contribution in [0.25, 0.3) is 0 Å². The number of rotatable bonds is 5. The molecule has 0 aliphatic rings. The molecule has 2 aromatic rings. The van der Waals surface area contributed by atoms with Crippen LogP contribution in [0.3, 0.4) is 0 Å². The van der Waals surface area contributed by atoms with Gasteiger partial charge in [0.05, 0.1) is 5.56 Å². The third kappa shape index (κ3) is 4.08. The zero-order valence-corrected chi connectivity index (χ0v) is 11.4. The van der Waals surface area contributed by atoms with Gasteiger partial charge in [-0.3, -0.25) is 15.0 Å². The SMILES string of the molecule is CC(=O)Nc1ccc(OCc2cc(C(=O)NN)co2)cc1. The van der Waals surface area contributed by atoms with Gasteiger partial charge in [0, 0.05) is 12.6 Å². The molecule has 0 aliphatic carbocycles. The van der Waals surface area contributed by atoms with Crippen molar-refractivity contribution >= 4 is 17.5 Å². The number of amides is 2. The van der Waals surface area contributed by atoms with E-state index < -0.39 is 5.91 Å². The second kappa shape index (κ2) is 6.58. The van der Waals surface area contributed by atoms with Crippen LogP contribution in [0.5, 0.6) is 5.75 Å². The molecule has 0 aliphatic heterocycles. The Labute approximate surface area is 121 Å². The quantitative estimate of drug-likeness (QED) is 0.438. The molecule has 21 heavy (non-hydrogen) atoms. The molecule has 2 rings (SSSR count). The van der Waals surface area contributed by atoms with Crippen LogP contribution in [0.15, 0.2) is 41.0 Å². The summed E-state index contributed by atoms with van der Waals surface area (Å²) in [6.45, 7) is 1.62. The molecule has 0 fully saturated rings. The van der Waals surface area contributed by atoms with Gasteiger partial charge in [-0.2, -0.15) is 0 Å². The van der Waals surface area contributed by atoms with Gasteiger partial charge in [-0.1, -0.05) is 0 Å². The lowest BCUT2D eigenvalue weighted by atomic mass is 10.3. The van der Waals surface area contributed by atoms with Crippen LogP contribution < -0.4 is 21.3 Å². The van der Waals surface area contributed by atoms with Crippen LogP contribution in [-0.4, -0.2) is 11.8 Å². The molecule has 7 heteroatoms. The van der Waals surface area contributed by atoms with Crippen LogP contribution in [0, 0.1) is 0 Å². The maximum Gasteiger partial charge on any atom is 0.268 e. The van der Waals surface area contributed by atoms with E-state index in [2.05, 4.69) is 5.32 Å². The van der Waals surface area contributed by atoms with Crippen molar-refractivity contribution < 1.29 is 18.7 Å². The smallest absolute Gasteiger partial charge is 0.268 e. The Morgan fingerprint density at radius 1 is 1.29 bits per heavy atom. The van der Waals surface area contributed by atoms with E-state index in [9.17, 15) is 9.59 Å². The van der Waals surface area contributed by atoms with Crippen molar-refractivity contribution in [1.82, 2.24) is 5.43 Å². The summed E-state index contributed by atoms with van der Waals surface area (Å²) in [6, 6.07) is 8.45. The highest BCUT2D eigenvalue weighted by Crippen LogP contribution is 2.17. The van der Waals surface area contributed by atoms with Crippen molar-refractivity contribution in [2.24, 2.45) is 5.84 Å². The number of nitrogen functional groups attached to an aromatic ring is 1. The number of hydrogen-bond donors (Lipinski definition) is 3. The molecule has 0 radical (unpaired) electrons. The number of furan rings is 1. The average Bonchev–Trinajstić information content (AvgIpc) is 2.94. The van der Waals surface area contributed by atoms with Crippen LogP contribution in [-0.2, 0) is 11.4 Å². The molecule has 1 aromatic heterocycles. The topological polar surface area (TPSA) is 107 Å². The van der Waals surface area contributed by atoms with Crippen molar-refractivity contribution in [3.63, 3.8) is 0 Å². The fraction of sp³-hybridized carbons (Fsp3) is 0.143. The van der Waals surface area contributed by atoms with E-state index in [4.69, 9.17) is 15.0 Å². The molecule has 1 heterocycles. The molecule has 0 spiro atoms. The number of nitrogens with two attached hydrogens (primary N) is 1. The molecular formula is C14H15N3O4. The molecule has 0 saturated heterocycles. The first-order valence-electron chi connectivity index (χ1n) is 6.17. The molecule has 7 nitrogen and oxygen atoms in total. The molecule has 1 aromatic carbocycles. The lowest BCUT2D eigenvalue weighted by Crippen LogP contribution is -2.29. The van der Waals surface area contributed by atoms with E-state index in [0.29, 0.717) is 22.8 Å². The van der Waals surface area contributed by atoms with Gasteiger partial charge in [0.2, 0.25) is 5.91 Å². The highest BCUT2D eigenvalue weighted by molar-refractivity contribution is 5.93. The Hall–Kier alpha value is -2.80. The van der Waals surface area contributed by atoms with Crippen molar-refractivity contribution in [3.05, 3.63) is 47.9 Å². The first kappa shape index (κ1) is 14.6. The van der Waals surface area contributed by atoms with Crippen LogP contribution in [0.4, 0.5) is 5.69 Å². The standard InChI is InChI=1S/C14H15N3O4/c1-9(18)16-11-2-4-12(5-3-11)21-8-13-6-10(7-20-13)14(19)17-15/h2-7H,8,15H2,1H3,(H,16,18)(H,17,19). The molecule has 0 saturated carbocycles. The first-order chi connectivity index (χ1) is 10.1. The van der Waals surface area contributed by atoms with E-state index in [1.54, 1.807) is 30.3 Å². The summed E-state index contributed by atoms with van der Waals surface area (Å²) in [5, 5.41) is 2.66. The van der Waals surface area contributed by atoms with E-state index >= 15 is 0 Å². The third-order valence-corrected chi connectivity index (χ3v) is 2.60. The van der Waals surface area contributed by atoms with Crippen molar-refractivity contribution in [1.29, 1.82) is 0 Å². The summed E-state index contributed by atoms with van der Waals surface area (Å²) < 4.78 is 10.7. The van der Waals surface area contributed by atoms with E-state index in [1.165, 1.54) is 13.2 Å². The lowest BCUT2D eigenvalue weighted by Gasteiger charge is -2.06. The van der Waals surface area contributed by atoms with Crippen LogP contribution in [0.1, 0.15) is 23.0 Å². The summed E-state index contributed by atoms with van der Waals surface area (Å²) in [6.07, 6.45) is 1.31. The molecule has 4 N–H and O–H groups in total. The minimum absolute atomic E-state index is 0.134. The molecule has 0 unspecified atom stereocenters. The van der Waals surface area contributed by atoms with Gasteiger partial charge in [0.25, 0.3) is 5.91 Å². The number of carbonyl (C=O) groups is 2. The summed E-state index contributed by atoms with van der Waals surface area (Å²) in [4.78, 5) is 22.1. The fourth-order valence-electron chi connectivity index (χ4n) is 1.65. The fourth-order valence-corrected chi connectivity index (χ4v) is 1.65. The second-order valence-electron chi connectivity index (χ2n) is 4.27. The first-order valence-corrected chi connectivity index (χ1v) is 6.17. The minimum atomic E-state index is -0.426. The van der Waals surface area contributed by atoms with E-state index in [-0.39, 0.29) is 12.5 Å². The summed E-state index contributed by atoms with van der Waals surface area (Å²) in [5.74, 6) is 5.58. The normalized spacial score (nSPS) is 10.0. The predicted octanol–water partition coefficient (Wildman–Crippen LogP) is 1.42. The van der Waals surface area contributed by atoms with Gasteiger partial charge in [-0.05, 0) is 30.3 Å². The van der Waals surface area contributed by atoms with Gasteiger partial charge >= 0.3 is 0 Å². The zero-order valence-electron chi connectivity index (χ0n) is 11.4. The minimum Gasteiger partial charge on any atom is -0.486 e. The summed E-state index contributed by atoms with van der Waals surface area (Å²) in [5.41, 5.74) is 3.04. The van der Waals surface area contributed by atoms with Crippen molar-refractivity contribution in [2.75, 3.05) is 5.32 Å². The van der Waals surface area contributed by atoms with Gasteiger partial charge in [-0.25, -0.2) is 5.84 Å². The van der Waals surface area contributed by atoms with E-state index in [1.807, 2.05) is 5.43 Å². The summed E-state index contributed by atoms with van der Waals surface area (Å²) in [7, 11) is 0. The number of benzene rings is 1. The number of hydrazine groups is 1. The Morgan fingerprint density at radius 3 is 2.62 bits per heavy atom. The van der Waals surface area contributed by atoms with Gasteiger partial charge in [-0.15, -0.1) is 0 Å². The van der Waals surface area contributed by atoms with Crippen LogP contribution >= 0.6 is 0 Å². The second-order valence-corrected chi connectivity index (χ2v) is 4.27. The van der Waals surface area contributed by atoms with E-state index in [0.717, 1.165) is 0 Å². The molecule has 110 valence electrons. The number of carbonyl (C=O) groups excluding carboxylic acids is 2. The molecule has 0 atom stereocenters. The van der Waals surface area contributed by atoms with Crippen molar-refractivity contribution in [2.45, 2.75) is 13.5 Å². The number of anilines is 1. The number of nitrogens with one attached hydrogen (secondary N) is 2. The van der Waals surface area contributed by atoms with Crippen molar-refractivity contribution in [3.8, 4) is 5.75 Å². The monoisotopic (exact) mass is 289 g/mol. The summed E-state index contributed by atoms with van der Waals surface area (Å²) >= 11 is 0. The lowest BCUT2D eigenvalue weighted by molar-refractivity contribution is -0.114. The van der Waals surface area contributed by atoms with Gasteiger partial charge in [0.1, 0.15) is 24.4 Å². The van der Waals surface area contributed by atoms with Gasteiger partial charge < -0.3 is 14.5 Å². The number of hydrogen-bond acceptors (Lipinski definition) is 5. The largest absolute Gasteiger partial charge is 0.486 e. The number of ether oxygens (including phenoxy) is 1. The maximum absolute atomic E-state index is 11.3. The predicted molar refractivity (Wildman–Crippen MR) is 75.4 cm³/mol. The highest BCUT2D eigenvalue weighted by atomic mass is 16.5. The maximum atomic E-state index is 11.3. The molecular weight excluding hydrogens is 274 g/mol. The van der Waals surface area contributed by atoms with Gasteiger partial charge in [0.15, 0.2) is 0 Å². The van der Waals surface area contributed by atoms with Crippen LogP contribution in [0.2, 0.25) is 0 Å².